The van der Waals surface area contributed by atoms with Gasteiger partial charge in [0.2, 0.25) is 0 Å². The number of hydrazine groups is 1. The molecule has 0 aliphatic carbocycles. The molecule has 0 aromatic heterocycles. The summed E-state index contributed by atoms with van der Waals surface area (Å²) in [6.07, 6.45) is 0. The van der Waals surface area contributed by atoms with Gasteiger partial charge >= 0.3 is 0 Å². The number of rotatable bonds is 3. The predicted octanol–water partition coefficient (Wildman–Crippen LogP) is 2.49. The number of carbonyl (C=O) groups excluding carboxylic acids is 1. The second-order valence-electron chi connectivity index (χ2n) is 5.07. The number of amides is 1. The van der Waals surface area contributed by atoms with Crippen molar-refractivity contribution in [1.29, 1.82) is 0 Å². The van der Waals surface area contributed by atoms with Crippen LogP contribution in [-0.4, -0.2) is 17.6 Å². The number of halogens is 3. The number of nitrogen functional groups attached to an aromatic ring is 1. The van der Waals surface area contributed by atoms with E-state index in [2.05, 4.69) is 5.43 Å². The van der Waals surface area contributed by atoms with Crippen molar-refractivity contribution in [3.8, 4) is 0 Å². The zero-order valence-electron chi connectivity index (χ0n) is 11.1. The van der Waals surface area contributed by atoms with Crippen LogP contribution < -0.4 is 11.3 Å². The van der Waals surface area contributed by atoms with Crippen LogP contribution in [0.2, 0.25) is 5.02 Å². The van der Waals surface area contributed by atoms with Crippen LogP contribution in [0.3, 0.4) is 0 Å². The molecule has 1 aliphatic rings. The minimum atomic E-state index is -0.554. The number of hydrogen-bond donors (Lipinski definition) is 2. The zero-order chi connectivity index (χ0) is 14.2. The normalized spacial score (nSPS) is 17.1. The summed E-state index contributed by atoms with van der Waals surface area (Å²) in [5, 5.41) is 1.46. The number of benzene rings is 1. The summed E-state index contributed by atoms with van der Waals surface area (Å²) >= 11 is 5.95. The Labute approximate surface area is 127 Å². The molecule has 1 heterocycles. The van der Waals surface area contributed by atoms with E-state index in [4.69, 9.17) is 22.3 Å². The minimum absolute atomic E-state index is 0. The molecule has 8 heteroatoms. The first-order valence-electron chi connectivity index (χ1n) is 5.74. The Balaban J connectivity index is 0.00000200. The van der Waals surface area contributed by atoms with Gasteiger partial charge in [-0.15, -0.1) is 12.4 Å². The number of hydrogen-bond acceptors (Lipinski definition) is 4. The predicted molar refractivity (Wildman–Crippen MR) is 76.8 cm³/mol. The first kappa shape index (κ1) is 17.0. The summed E-state index contributed by atoms with van der Waals surface area (Å²) < 4.78 is 13.4. The van der Waals surface area contributed by atoms with Crippen LogP contribution in [0.5, 0.6) is 0 Å². The van der Waals surface area contributed by atoms with Crippen molar-refractivity contribution in [3.63, 3.8) is 0 Å². The number of nitrogens with one attached hydrogen (secondary N) is 1. The molecule has 20 heavy (non-hydrogen) atoms. The van der Waals surface area contributed by atoms with Crippen molar-refractivity contribution in [1.82, 2.24) is 5.06 Å². The number of anilines is 1. The van der Waals surface area contributed by atoms with Crippen LogP contribution in [0.15, 0.2) is 12.1 Å². The molecular formula is C12H16Cl2FN3O2. The van der Waals surface area contributed by atoms with Crippen molar-refractivity contribution >= 4 is 35.6 Å². The summed E-state index contributed by atoms with van der Waals surface area (Å²) in [7, 11) is 0. The lowest BCUT2D eigenvalue weighted by Crippen LogP contribution is -2.30. The highest BCUT2D eigenvalue weighted by Gasteiger charge is 2.40. The lowest BCUT2D eigenvalue weighted by atomic mass is 9.95. The molecule has 2 rings (SSSR count). The van der Waals surface area contributed by atoms with Gasteiger partial charge in [0.25, 0.3) is 5.91 Å². The molecule has 0 bridgehead atoms. The average molecular weight is 324 g/mol. The van der Waals surface area contributed by atoms with Gasteiger partial charge in [0, 0.05) is 5.02 Å². The quantitative estimate of drug-likeness (QED) is 0.662. The first-order valence-corrected chi connectivity index (χ1v) is 6.12. The highest BCUT2D eigenvalue weighted by atomic mass is 35.5. The molecule has 1 amide bonds. The van der Waals surface area contributed by atoms with Crippen molar-refractivity contribution in [3.05, 3.63) is 28.5 Å². The fourth-order valence-corrected chi connectivity index (χ4v) is 2.01. The number of nitrogens with two attached hydrogens (primary N) is 1. The second kappa shape index (κ2) is 6.13. The Hall–Kier alpha value is -1.08. The van der Waals surface area contributed by atoms with Gasteiger partial charge in [0.1, 0.15) is 5.82 Å². The van der Waals surface area contributed by atoms with E-state index >= 15 is 0 Å². The van der Waals surface area contributed by atoms with Crippen molar-refractivity contribution < 1.29 is 14.0 Å². The highest BCUT2D eigenvalue weighted by molar-refractivity contribution is 6.31. The van der Waals surface area contributed by atoms with Crippen LogP contribution in [0.4, 0.5) is 10.1 Å². The zero-order valence-corrected chi connectivity index (χ0v) is 12.6. The Morgan fingerprint density at radius 2 is 2.20 bits per heavy atom. The summed E-state index contributed by atoms with van der Waals surface area (Å²) in [5.74, 6) is 4.52. The Bertz CT molecular complexity index is 526. The summed E-state index contributed by atoms with van der Waals surface area (Å²) in [5.41, 5.74) is 2.36. The monoisotopic (exact) mass is 323 g/mol. The third-order valence-corrected chi connectivity index (χ3v) is 3.34. The van der Waals surface area contributed by atoms with E-state index in [1.54, 1.807) is 13.8 Å². The SMILES string of the molecule is CC1(C)CON(Cc2cc(NN)c(F)cc2Cl)C1=O.Cl. The molecule has 0 atom stereocenters. The molecule has 112 valence electrons. The van der Waals surface area contributed by atoms with E-state index in [0.717, 1.165) is 6.07 Å². The molecule has 1 fully saturated rings. The van der Waals surface area contributed by atoms with Gasteiger partial charge in [0.05, 0.1) is 24.3 Å². The van der Waals surface area contributed by atoms with Crippen molar-refractivity contribution in [2.75, 3.05) is 12.0 Å². The van der Waals surface area contributed by atoms with Gasteiger partial charge in [-0.2, -0.15) is 0 Å². The third kappa shape index (κ3) is 3.15. The van der Waals surface area contributed by atoms with Crippen LogP contribution >= 0.6 is 24.0 Å². The molecule has 0 unspecified atom stereocenters. The minimum Gasteiger partial charge on any atom is -0.321 e. The van der Waals surface area contributed by atoms with E-state index in [9.17, 15) is 9.18 Å². The Morgan fingerprint density at radius 1 is 1.55 bits per heavy atom. The standard InChI is InChI=1S/C12H15ClFN3O2.ClH/c1-12(2)6-19-17(11(12)18)5-7-3-10(16-15)9(14)4-8(7)13;/h3-4,16H,5-6,15H2,1-2H3;1H. The summed E-state index contributed by atoms with van der Waals surface area (Å²) in [6.45, 7) is 4.06. The van der Waals surface area contributed by atoms with Gasteiger partial charge < -0.3 is 5.43 Å². The van der Waals surface area contributed by atoms with E-state index in [-0.39, 0.29) is 35.6 Å². The van der Waals surface area contributed by atoms with E-state index < -0.39 is 11.2 Å². The van der Waals surface area contributed by atoms with Crippen molar-refractivity contribution in [2.24, 2.45) is 11.3 Å². The van der Waals surface area contributed by atoms with Gasteiger partial charge in [-0.1, -0.05) is 11.6 Å². The van der Waals surface area contributed by atoms with Crippen LogP contribution in [0, 0.1) is 11.2 Å². The third-order valence-electron chi connectivity index (χ3n) is 2.99. The van der Waals surface area contributed by atoms with Crippen LogP contribution in [0.1, 0.15) is 19.4 Å². The molecule has 0 spiro atoms. The molecule has 5 nitrogen and oxygen atoms in total. The van der Waals surface area contributed by atoms with Gasteiger partial charge in [-0.05, 0) is 31.5 Å². The Morgan fingerprint density at radius 3 is 2.70 bits per heavy atom. The smallest absolute Gasteiger partial charge is 0.254 e. The van der Waals surface area contributed by atoms with E-state index in [1.807, 2.05) is 0 Å². The van der Waals surface area contributed by atoms with Gasteiger partial charge in [0.15, 0.2) is 0 Å². The van der Waals surface area contributed by atoms with Crippen LogP contribution in [-0.2, 0) is 16.2 Å². The van der Waals surface area contributed by atoms with Crippen LogP contribution in [0.25, 0.3) is 0 Å². The molecule has 1 aromatic carbocycles. The summed E-state index contributed by atoms with van der Waals surface area (Å²) in [4.78, 5) is 17.3. The molecule has 1 saturated heterocycles. The van der Waals surface area contributed by atoms with E-state index in [1.165, 1.54) is 11.1 Å². The topological polar surface area (TPSA) is 67.6 Å². The maximum Gasteiger partial charge on any atom is 0.254 e. The van der Waals surface area contributed by atoms with Crippen molar-refractivity contribution in [2.45, 2.75) is 20.4 Å². The molecule has 1 aromatic rings. The fraction of sp³-hybridized carbons (Fsp3) is 0.417. The Kier molecular flexibility index (Phi) is 5.21. The van der Waals surface area contributed by atoms with Gasteiger partial charge in [-0.3, -0.25) is 15.5 Å². The molecule has 1 aliphatic heterocycles. The molecule has 0 radical (unpaired) electrons. The average Bonchev–Trinajstić information content (AvgIpc) is 2.59. The fourth-order valence-electron chi connectivity index (χ4n) is 1.80. The maximum absolute atomic E-state index is 13.4. The number of nitrogens with zero attached hydrogens (tertiary/aromatic N) is 1. The molecular weight excluding hydrogens is 308 g/mol. The summed E-state index contributed by atoms with van der Waals surface area (Å²) in [6, 6.07) is 2.61. The number of hydroxylamine groups is 2. The molecule has 0 saturated carbocycles. The second-order valence-corrected chi connectivity index (χ2v) is 5.47. The first-order chi connectivity index (χ1) is 8.85. The lowest BCUT2D eigenvalue weighted by molar-refractivity contribution is -0.165. The van der Waals surface area contributed by atoms with Gasteiger partial charge in [-0.25, -0.2) is 9.45 Å². The number of carbonyl (C=O) groups is 1. The molecule has 3 N–H and O–H groups in total. The maximum atomic E-state index is 13.4. The van der Waals surface area contributed by atoms with E-state index in [0.29, 0.717) is 12.2 Å². The largest absolute Gasteiger partial charge is 0.321 e. The lowest BCUT2D eigenvalue weighted by Gasteiger charge is -2.18. The highest BCUT2D eigenvalue weighted by Crippen LogP contribution is 2.31.